The molecule has 68 valence electrons. The van der Waals surface area contributed by atoms with Gasteiger partial charge in [0.2, 0.25) is 0 Å². The third-order valence-electron chi connectivity index (χ3n) is 0.605. The van der Waals surface area contributed by atoms with Crippen LogP contribution in [0.4, 0.5) is 0 Å². The van der Waals surface area contributed by atoms with Crippen LogP contribution in [0.5, 0.6) is 0 Å². The van der Waals surface area contributed by atoms with Gasteiger partial charge in [0.25, 0.3) is 0 Å². The van der Waals surface area contributed by atoms with E-state index in [0.717, 1.165) is 12.2 Å². The molecule has 13 heavy (non-hydrogen) atoms. The van der Waals surface area contributed by atoms with Crippen molar-refractivity contribution in [3.63, 3.8) is 0 Å². The third-order valence-corrected chi connectivity index (χ3v) is 0.605. The van der Waals surface area contributed by atoms with E-state index in [4.69, 9.17) is 0 Å². The first-order valence-corrected chi connectivity index (χ1v) is 3.22. The Morgan fingerprint density at radius 3 is 1.15 bits per heavy atom. The molecule has 0 aliphatic rings. The predicted molar refractivity (Wildman–Crippen MR) is 39.6 cm³/mol. The van der Waals surface area contributed by atoms with E-state index in [-0.39, 0.29) is 19.5 Å². The minimum atomic E-state index is -1.14. The number of carbonyl (C=O) groups is 2. The van der Waals surface area contributed by atoms with Gasteiger partial charge in [0.1, 0.15) is 0 Å². The fraction of sp³-hybridized carbons (Fsp3) is 0.250. The standard InChI is InChI=1S/2C4H6O2.Zn/c2*1-2-3-4(5)6;/h2*2-3H,1H3,(H,5,6);/q;;+2/p-2/b2*3-2-;. The zero-order valence-electron chi connectivity index (χ0n) is 7.65. The molecule has 0 radical (unpaired) electrons. The molecule has 0 aromatic carbocycles. The first-order chi connectivity index (χ1) is 5.54. The Morgan fingerprint density at radius 2 is 1.15 bits per heavy atom. The molecule has 0 fully saturated rings. The summed E-state index contributed by atoms with van der Waals surface area (Å²) < 4.78 is 0. The average Bonchev–Trinajstić information content (AvgIpc) is 1.87. The van der Waals surface area contributed by atoms with E-state index in [2.05, 4.69) is 0 Å². The molecule has 0 aromatic heterocycles. The number of carboxylic acids is 2. The van der Waals surface area contributed by atoms with Crippen molar-refractivity contribution in [1.29, 1.82) is 0 Å². The number of hydrogen-bond acceptors (Lipinski definition) is 4. The number of rotatable bonds is 2. The summed E-state index contributed by atoms with van der Waals surface area (Å²) in [6.07, 6.45) is 4.77. The van der Waals surface area contributed by atoms with Gasteiger partial charge in [-0.05, 0) is 26.0 Å². The second-order valence-electron chi connectivity index (χ2n) is 1.64. The van der Waals surface area contributed by atoms with E-state index in [1.807, 2.05) is 0 Å². The molecule has 0 rings (SSSR count). The fourth-order valence-corrected chi connectivity index (χ4v) is 0.272. The second kappa shape index (κ2) is 13.6. The van der Waals surface area contributed by atoms with Crippen LogP contribution in [0, 0.1) is 0 Å². The molecule has 0 N–H and O–H groups in total. The predicted octanol–water partition coefficient (Wildman–Crippen LogP) is -1.38. The van der Waals surface area contributed by atoms with Gasteiger partial charge in [0.15, 0.2) is 0 Å². The van der Waals surface area contributed by atoms with Crippen molar-refractivity contribution >= 4 is 11.9 Å². The van der Waals surface area contributed by atoms with Crippen molar-refractivity contribution in [1.82, 2.24) is 0 Å². The normalized spacial score (nSPS) is 8.77. The monoisotopic (exact) mass is 234 g/mol. The molecule has 0 aliphatic carbocycles. The van der Waals surface area contributed by atoms with Gasteiger partial charge in [-0.3, -0.25) is 0 Å². The molecule has 0 saturated heterocycles. The zero-order chi connectivity index (χ0) is 9.98. The van der Waals surface area contributed by atoms with E-state index in [1.54, 1.807) is 13.8 Å². The van der Waals surface area contributed by atoms with Crippen molar-refractivity contribution in [3.8, 4) is 0 Å². The molecule has 0 bridgehead atoms. The fourth-order valence-electron chi connectivity index (χ4n) is 0.272. The second-order valence-corrected chi connectivity index (χ2v) is 1.64. The van der Waals surface area contributed by atoms with Gasteiger partial charge in [-0.2, -0.15) is 0 Å². The number of hydrogen-bond donors (Lipinski definition) is 0. The van der Waals surface area contributed by atoms with Crippen molar-refractivity contribution in [2.45, 2.75) is 13.8 Å². The molecule has 0 heterocycles. The molecular weight excluding hydrogens is 225 g/mol. The van der Waals surface area contributed by atoms with Crippen LogP contribution >= 0.6 is 0 Å². The van der Waals surface area contributed by atoms with Gasteiger partial charge < -0.3 is 19.8 Å². The molecule has 5 heteroatoms. The molecule has 0 aliphatic heterocycles. The van der Waals surface area contributed by atoms with Crippen LogP contribution in [0.1, 0.15) is 13.8 Å². The number of carbonyl (C=O) groups excluding carboxylic acids is 2. The Kier molecular flexibility index (Phi) is 18.8. The van der Waals surface area contributed by atoms with Crippen molar-refractivity contribution < 1.29 is 39.3 Å². The minimum absolute atomic E-state index is 0. The SMILES string of the molecule is C/C=C\C(=O)[O-].C/C=C\C(=O)[O-].[Zn+2]. The Balaban J connectivity index is -0.000000143. The summed E-state index contributed by atoms with van der Waals surface area (Å²) >= 11 is 0. The summed E-state index contributed by atoms with van der Waals surface area (Å²) in [7, 11) is 0. The number of allylic oxidation sites excluding steroid dienone is 2. The molecule has 0 amide bonds. The van der Waals surface area contributed by atoms with Crippen LogP contribution in [0.15, 0.2) is 24.3 Å². The van der Waals surface area contributed by atoms with Crippen LogP contribution in [0.2, 0.25) is 0 Å². The summed E-state index contributed by atoms with van der Waals surface area (Å²) in [6, 6.07) is 0. The van der Waals surface area contributed by atoms with E-state index >= 15 is 0 Å². The van der Waals surface area contributed by atoms with E-state index in [9.17, 15) is 19.8 Å². The number of carboxylic acid groups (broad SMARTS) is 2. The van der Waals surface area contributed by atoms with Crippen LogP contribution in [-0.4, -0.2) is 11.9 Å². The summed E-state index contributed by atoms with van der Waals surface area (Å²) in [5, 5.41) is 18.8. The van der Waals surface area contributed by atoms with Crippen LogP contribution in [-0.2, 0) is 29.1 Å². The van der Waals surface area contributed by atoms with Gasteiger partial charge in [-0.25, -0.2) is 0 Å². The van der Waals surface area contributed by atoms with Gasteiger partial charge >= 0.3 is 19.5 Å². The molecule has 0 unspecified atom stereocenters. The maximum absolute atomic E-state index is 9.40. The Bertz CT molecular complexity index is 174. The Morgan fingerprint density at radius 1 is 0.923 bits per heavy atom. The molecule has 0 atom stereocenters. The molecule has 0 saturated carbocycles. The third kappa shape index (κ3) is 35.5. The molecule has 0 spiro atoms. The Hall–Kier alpha value is -0.957. The minimum Gasteiger partial charge on any atom is -0.545 e. The van der Waals surface area contributed by atoms with Gasteiger partial charge in [0.05, 0.1) is 11.9 Å². The summed E-state index contributed by atoms with van der Waals surface area (Å²) in [5.74, 6) is -2.28. The first kappa shape index (κ1) is 18.0. The van der Waals surface area contributed by atoms with Gasteiger partial charge in [-0.15, -0.1) is 0 Å². The van der Waals surface area contributed by atoms with E-state index in [1.165, 1.54) is 12.2 Å². The largest absolute Gasteiger partial charge is 2.00 e. The molecular formula is C8H10O4Zn. The van der Waals surface area contributed by atoms with E-state index < -0.39 is 11.9 Å². The zero-order valence-corrected chi connectivity index (χ0v) is 10.6. The first-order valence-electron chi connectivity index (χ1n) is 3.22. The topological polar surface area (TPSA) is 80.3 Å². The summed E-state index contributed by atoms with van der Waals surface area (Å²) in [4.78, 5) is 18.8. The average molecular weight is 236 g/mol. The molecule has 0 aromatic rings. The summed E-state index contributed by atoms with van der Waals surface area (Å²) in [6.45, 7) is 3.24. The van der Waals surface area contributed by atoms with Crippen molar-refractivity contribution in [3.05, 3.63) is 24.3 Å². The Labute approximate surface area is 89.7 Å². The maximum atomic E-state index is 9.40. The van der Waals surface area contributed by atoms with Crippen molar-refractivity contribution in [2.24, 2.45) is 0 Å². The molecule has 4 nitrogen and oxygen atoms in total. The van der Waals surface area contributed by atoms with Crippen molar-refractivity contribution in [2.75, 3.05) is 0 Å². The maximum Gasteiger partial charge on any atom is 2.00 e. The van der Waals surface area contributed by atoms with E-state index in [0.29, 0.717) is 0 Å². The van der Waals surface area contributed by atoms with Crippen LogP contribution in [0.25, 0.3) is 0 Å². The van der Waals surface area contributed by atoms with Crippen LogP contribution in [0.3, 0.4) is 0 Å². The smallest absolute Gasteiger partial charge is 0.545 e. The van der Waals surface area contributed by atoms with Gasteiger partial charge in [0, 0.05) is 0 Å². The summed E-state index contributed by atoms with van der Waals surface area (Å²) in [5.41, 5.74) is 0. The number of aliphatic carboxylic acids is 2. The van der Waals surface area contributed by atoms with Gasteiger partial charge in [-0.1, -0.05) is 12.2 Å². The van der Waals surface area contributed by atoms with Crippen LogP contribution < -0.4 is 10.2 Å². The quantitative estimate of drug-likeness (QED) is 0.437.